The molecule has 0 bridgehead atoms. The molecule has 0 saturated carbocycles. The first kappa shape index (κ1) is 12.7. The van der Waals surface area contributed by atoms with Gasteiger partial charge in [-0.25, -0.2) is 4.39 Å². The van der Waals surface area contributed by atoms with Gasteiger partial charge in [0, 0.05) is 13.1 Å². The minimum Gasteiger partial charge on any atom is -0.396 e. The first-order chi connectivity index (χ1) is 9.66. The van der Waals surface area contributed by atoms with Crippen LogP contribution >= 0.6 is 0 Å². The van der Waals surface area contributed by atoms with E-state index in [0.717, 1.165) is 12.0 Å². The molecule has 20 heavy (non-hydrogen) atoms. The average molecular weight is 270 g/mol. The Hall–Kier alpha value is -2.36. The largest absolute Gasteiger partial charge is 0.396 e. The molecule has 0 unspecified atom stereocenters. The van der Waals surface area contributed by atoms with Crippen molar-refractivity contribution in [3.63, 3.8) is 0 Å². The maximum Gasteiger partial charge on any atom is 0.256 e. The number of nitrogen functional groups attached to an aromatic ring is 1. The van der Waals surface area contributed by atoms with Gasteiger partial charge in [0.1, 0.15) is 5.82 Å². The Kier molecular flexibility index (Phi) is 3.14. The number of para-hydroxylation sites is 1. The van der Waals surface area contributed by atoms with E-state index in [1.165, 1.54) is 17.7 Å². The van der Waals surface area contributed by atoms with Gasteiger partial charge in [-0.05, 0) is 29.7 Å². The Morgan fingerprint density at radius 3 is 2.65 bits per heavy atom. The van der Waals surface area contributed by atoms with Gasteiger partial charge in [-0.2, -0.15) is 0 Å². The van der Waals surface area contributed by atoms with E-state index in [1.807, 2.05) is 18.2 Å². The highest BCUT2D eigenvalue weighted by Crippen LogP contribution is 2.23. The fourth-order valence-electron chi connectivity index (χ4n) is 2.56. The molecule has 1 aliphatic heterocycles. The van der Waals surface area contributed by atoms with Crippen molar-refractivity contribution in [2.45, 2.75) is 13.0 Å². The monoisotopic (exact) mass is 270 g/mol. The number of fused-ring (bicyclic) bond motifs is 1. The van der Waals surface area contributed by atoms with Gasteiger partial charge in [-0.15, -0.1) is 0 Å². The molecule has 2 aromatic rings. The summed E-state index contributed by atoms with van der Waals surface area (Å²) in [7, 11) is 0. The Morgan fingerprint density at radius 1 is 1.10 bits per heavy atom. The fraction of sp³-hybridized carbons (Fsp3) is 0.188. The van der Waals surface area contributed by atoms with Crippen LogP contribution in [0.25, 0.3) is 0 Å². The molecule has 0 aliphatic carbocycles. The van der Waals surface area contributed by atoms with Crippen molar-refractivity contribution < 1.29 is 9.18 Å². The van der Waals surface area contributed by atoms with Crippen LogP contribution in [-0.4, -0.2) is 17.4 Å². The number of carbonyl (C=O) groups is 1. The van der Waals surface area contributed by atoms with Gasteiger partial charge in [0.05, 0.1) is 11.3 Å². The third-order valence-corrected chi connectivity index (χ3v) is 3.70. The number of anilines is 1. The topological polar surface area (TPSA) is 46.3 Å². The Balaban J connectivity index is 1.88. The third-order valence-electron chi connectivity index (χ3n) is 3.70. The summed E-state index contributed by atoms with van der Waals surface area (Å²) >= 11 is 0. The standard InChI is InChI=1S/C16H15FN2O/c17-14-7-3-6-13(15(14)18)16(20)19-9-8-11-4-1-2-5-12(11)10-19/h1-7H,8-10,18H2. The molecule has 0 saturated heterocycles. The quantitative estimate of drug-likeness (QED) is 0.810. The smallest absolute Gasteiger partial charge is 0.256 e. The Morgan fingerprint density at radius 2 is 1.85 bits per heavy atom. The van der Waals surface area contributed by atoms with Gasteiger partial charge in [-0.1, -0.05) is 30.3 Å². The molecule has 4 heteroatoms. The van der Waals surface area contributed by atoms with Crippen LogP contribution in [0.3, 0.4) is 0 Å². The molecular weight excluding hydrogens is 255 g/mol. The molecule has 0 aromatic heterocycles. The lowest BCUT2D eigenvalue weighted by Gasteiger charge is -2.29. The molecule has 0 fully saturated rings. The van der Waals surface area contributed by atoms with E-state index in [2.05, 4.69) is 6.07 Å². The molecule has 2 N–H and O–H groups in total. The van der Waals surface area contributed by atoms with Crippen molar-refractivity contribution in [3.05, 3.63) is 65.0 Å². The molecule has 1 amide bonds. The summed E-state index contributed by atoms with van der Waals surface area (Å²) in [6.45, 7) is 1.18. The molecule has 102 valence electrons. The van der Waals surface area contributed by atoms with Gasteiger partial charge < -0.3 is 10.6 Å². The van der Waals surface area contributed by atoms with Gasteiger partial charge in [0.2, 0.25) is 0 Å². The maximum atomic E-state index is 13.4. The van der Waals surface area contributed by atoms with Crippen LogP contribution in [0.4, 0.5) is 10.1 Å². The molecule has 0 atom stereocenters. The molecule has 1 heterocycles. The first-order valence-electron chi connectivity index (χ1n) is 6.57. The SMILES string of the molecule is Nc1c(F)cccc1C(=O)N1CCc2ccccc2C1. The van der Waals surface area contributed by atoms with E-state index in [9.17, 15) is 9.18 Å². The lowest BCUT2D eigenvalue weighted by Crippen LogP contribution is -2.36. The van der Waals surface area contributed by atoms with Crippen molar-refractivity contribution >= 4 is 11.6 Å². The van der Waals surface area contributed by atoms with E-state index >= 15 is 0 Å². The number of nitrogens with two attached hydrogens (primary N) is 1. The molecule has 1 aliphatic rings. The third kappa shape index (κ3) is 2.13. The molecule has 2 aromatic carbocycles. The number of benzene rings is 2. The normalized spacial score (nSPS) is 13.9. The number of amides is 1. The molecule has 0 spiro atoms. The van der Waals surface area contributed by atoms with Crippen molar-refractivity contribution in [3.8, 4) is 0 Å². The van der Waals surface area contributed by atoms with E-state index in [0.29, 0.717) is 13.1 Å². The van der Waals surface area contributed by atoms with Gasteiger partial charge >= 0.3 is 0 Å². The van der Waals surface area contributed by atoms with Crippen LogP contribution in [0.5, 0.6) is 0 Å². The molecular formula is C16H15FN2O. The zero-order valence-electron chi connectivity index (χ0n) is 11.0. The summed E-state index contributed by atoms with van der Waals surface area (Å²) in [6, 6.07) is 12.4. The second-order valence-electron chi connectivity index (χ2n) is 4.95. The first-order valence-corrected chi connectivity index (χ1v) is 6.57. The van der Waals surface area contributed by atoms with E-state index in [-0.39, 0.29) is 17.2 Å². The van der Waals surface area contributed by atoms with E-state index < -0.39 is 5.82 Å². The average Bonchev–Trinajstić information content (AvgIpc) is 2.49. The van der Waals surface area contributed by atoms with Gasteiger partial charge in [-0.3, -0.25) is 4.79 Å². The predicted octanol–water partition coefficient (Wildman–Crippen LogP) is 2.61. The van der Waals surface area contributed by atoms with E-state index in [4.69, 9.17) is 5.73 Å². The van der Waals surface area contributed by atoms with Crippen molar-refractivity contribution in [1.29, 1.82) is 0 Å². The number of hydrogen-bond donors (Lipinski definition) is 1. The number of halogens is 1. The van der Waals surface area contributed by atoms with Gasteiger partial charge in [0.25, 0.3) is 5.91 Å². The summed E-state index contributed by atoms with van der Waals surface area (Å²) in [4.78, 5) is 14.2. The number of nitrogens with zero attached hydrogens (tertiary/aromatic N) is 1. The summed E-state index contributed by atoms with van der Waals surface area (Å²) in [5.41, 5.74) is 8.24. The van der Waals surface area contributed by atoms with E-state index in [1.54, 1.807) is 11.0 Å². The highest BCUT2D eigenvalue weighted by Gasteiger charge is 2.23. The minimum absolute atomic E-state index is 0.0728. The maximum absolute atomic E-state index is 13.4. The lowest BCUT2D eigenvalue weighted by molar-refractivity contribution is 0.0735. The zero-order valence-corrected chi connectivity index (χ0v) is 11.0. The van der Waals surface area contributed by atoms with Crippen LogP contribution in [0.1, 0.15) is 21.5 Å². The van der Waals surface area contributed by atoms with Crippen LogP contribution < -0.4 is 5.73 Å². The van der Waals surface area contributed by atoms with Crippen LogP contribution in [0.15, 0.2) is 42.5 Å². The Bertz CT molecular complexity index is 669. The highest BCUT2D eigenvalue weighted by molar-refractivity contribution is 5.99. The number of rotatable bonds is 1. The van der Waals surface area contributed by atoms with Gasteiger partial charge in [0.15, 0.2) is 0 Å². The van der Waals surface area contributed by atoms with Crippen molar-refractivity contribution in [1.82, 2.24) is 4.90 Å². The summed E-state index contributed by atoms with van der Waals surface area (Å²) in [5.74, 6) is -0.759. The number of hydrogen-bond acceptors (Lipinski definition) is 2. The van der Waals surface area contributed by atoms with Crippen molar-refractivity contribution in [2.24, 2.45) is 0 Å². The van der Waals surface area contributed by atoms with Crippen molar-refractivity contribution in [2.75, 3.05) is 12.3 Å². The van der Waals surface area contributed by atoms with Crippen LogP contribution in [0.2, 0.25) is 0 Å². The molecule has 0 radical (unpaired) electrons. The zero-order chi connectivity index (χ0) is 14.1. The Labute approximate surface area is 116 Å². The molecule has 3 nitrogen and oxygen atoms in total. The minimum atomic E-state index is -0.548. The fourth-order valence-corrected chi connectivity index (χ4v) is 2.56. The van der Waals surface area contributed by atoms with Crippen LogP contribution in [-0.2, 0) is 13.0 Å². The predicted molar refractivity (Wildman–Crippen MR) is 75.7 cm³/mol. The second kappa shape index (κ2) is 4.96. The summed E-state index contributed by atoms with van der Waals surface area (Å²) in [6.07, 6.45) is 0.817. The molecule has 3 rings (SSSR count). The highest BCUT2D eigenvalue weighted by atomic mass is 19.1. The summed E-state index contributed by atoms with van der Waals surface area (Å²) < 4.78 is 13.4. The lowest BCUT2D eigenvalue weighted by atomic mass is 9.99. The summed E-state index contributed by atoms with van der Waals surface area (Å²) in [5, 5.41) is 0. The second-order valence-corrected chi connectivity index (χ2v) is 4.95. The number of carbonyl (C=O) groups excluding carboxylic acids is 1. The van der Waals surface area contributed by atoms with Crippen LogP contribution in [0, 0.1) is 5.82 Å².